The molecule has 0 heterocycles. The maximum absolute atomic E-state index is 11.3. The standard InChI is InChI=1S/C10H20O2.Na.H/c1-4-7-8-9(5-2)10(11)12-6-3;;/h9H,4-8H2,1-3H3;;/q;+1;-1. The predicted octanol–water partition coefficient (Wildman–Crippen LogP) is -0.118. The Hall–Kier alpha value is 0.470. The molecule has 0 aromatic carbocycles. The first kappa shape index (κ1) is 15.9. The number of hydrogen-bond acceptors (Lipinski definition) is 2. The molecule has 0 saturated heterocycles. The second-order valence-corrected chi connectivity index (χ2v) is 3.00. The van der Waals surface area contributed by atoms with E-state index in [-0.39, 0.29) is 42.9 Å². The number of esters is 1. The molecule has 0 radical (unpaired) electrons. The summed E-state index contributed by atoms with van der Waals surface area (Å²) in [6.07, 6.45) is 4.15. The van der Waals surface area contributed by atoms with Crippen LogP contribution in [0.2, 0.25) is 0 Å². The van der Waals surface area contributed by atoms with Gasteiger partial charge < -0.3 is 6.16 Å². The minimum atomic E-state index is -0.0200. The molecule has 0 saturated carbocycles. The summed E-state index contributed by atoms with van der Waals surface area (Å²) in [4.78, 5) is 11.3. The van der Waals surface area contributed by atoms with Gasteiger partial charge in [0.15, 0.2) is 0 Å². The monoisotopic (exact) mass is 196 g/mol. The third-order valence-electron chi connectivity index (χ3n) is 2.02. The van der Waals surface area contributed by atoms with Crippen molar-refractivity contribution in [2.75, 3.05) is 6.61 Å². The van der Waals surface area contributed by atoms with Crippen LogP contribution in [0.3, 0.4) is 0 Å². The van der Waals surface area contributed by atoms with E-state index in [0.717, 1.165) is 25.7 Å². The molecule has 0 fully saturated rings. The Morgan fingerprint density at radius 3 is 2.38 bits per heavy atom. The number of ether oxygens (including phenoxy) is 1. The topological polar surface area (TPSA) is 26.3 Å². The summed E-state index contributed by atoms with van der Waals surface area (Å²) in [6, 6.07) is 0. The SMILES string of the molecule is CCCCC(CC)C(=O)OCC.[H-].[Na+]. The zero-order chi connectivity index (χ0) is 9.40. The number of hydrogen-bond donors (Lipinski definition) is 0. The Morgan fingerprint density at radius 2 is 2.00 bits per heavy atom. The van der Waals surface area contributed by atoms with Crippen molar-refractivity contribution in [3.63, 3.8) is 0 Å². The molecule has 1 atom stereocenters. The van der Waals surface area contributed by atoms with Gasteiger partial charge in [0.1, 0.15) is 0 Å². The fourth-order valence-electron chi connectivity index (χ4n) is 1.20. The third-order valence-corrected chi connectivity index (χ3v) is 2.02. The largest absolute Gasteiger partial charge is 1.00 e. The Bertz CT molecular complexity index is 131. The minimum Gasteiger partial charge on any atom is -1.00 e. The molecule has 74 valence electrons. The molecule has 13 heavy (non-hydrogen) atoms. The van der Waals surface area contributed by atoms with E-state index in [0.29, 0.717) is 6.61 Å². The van der Waals surface area contributed by atoms with E-state index in [1.165, 1.54) is 0 Å². The van der Waals surface area contributed by atoms with E-state index in [1.54, 1.807) is 0 Å². The molecular formula is C10H21NaO2. The van der Waals surface area contributed by atoms with E-state index < -0.39 is 0 Å². The maximum atomic E-state index is 11.3. The predicted molar refractivity (Wildman–Crippen MR) is 51.1 cm³/mol. The number of carbonyl (C=O) groups is 1. The normalized spacial score (nSPS) is 11.6. The molecule has 0 amide bonds. The number of carbonyl (C=O) groups excluding carboxylic acids is 1. The van der Waals surface area contributed by atoms with E-state index in [9.17, 15) is 4.79 Å². The van der Waals surface area contributed by atoms with E-state index >= 15 is 0 Å². The number of unbranched alkanes of at least 4 members (excludes halogenated alkanes) is 1. The van der Waals surface area contributed by atoms with Gasteiger partial charge in [-0.3, -0.25) is 4.79 Å². The smallest absolute Gasteiger partial charge is 1.00 e. The van der Waals surface area contributed by atoms with Gasteiger partial charge in [0.05, 0.1) is 12.5 Å². The van der Waals surface area contributed by atoms with Crippen LogP contribution in [0.5, 0.6) is 0 Å². The van der Waals surface area contributed by atoms with E-state index in [2.05, 4.69) is 6.92 Å². The van der Waals surface area contributed by atoms with Gasteiger partial charge in [-0.25, -0.2) is 0 Å². The molecule has 0 aromatic rings. The van der Waals surface area contributed by atoms with Crippen molar-refractivity contribution in [2.24, 2.45) is 5.92 Å². The van der Waals surface area contributed by atoms with Crippen molar-refractivity contribution >= 4 is 5.97 Å². The van der Waals surface area contributed by atoms with Crippen LogP contribution in [0, 0.1) is 5.92 Å². The molecule has 0 bridgehead atoms. The van der Waals surface area contributed by atoms with Crippen molar-refractivity contribution in [3.05, 3.63) is 0 Å². The zero-order valence-corrected chi connectivity index (χ0v) is 11.4. The van der Waals surface area contributed by atoms with Crippen LogP contribution in [0.15, 0.2) is 0 Å². The van der Waals surface area contributed by atoms with Crippen LogP contribution in [0.1, 0.15) is 47.9 Å². The van der Waals surface area contributed by atoms with Crippen LogP contribution in [0.25, 0.3) is 0 Å². The number of rotatable bonds is 6. The van der Waals surface area contributed by atoms with Gasteiger partial charge in [-0.1, -0.05) is 26.7 Å². The molecular weight excluding hydrogens is 175 g/mol. The summed E-state index contributed by atoms with van der Waals surface area (Å²) in [6.45, 7) is 6.53. The summed E-state index contributed by atoms with van der Waals surface area (Å²) in [5, 5.41) is 0. The summed E-state index contributed by atoms with van der Waals surface area (Å²) < 4.78 is 4.95. The van der Waals surface area contributed by atoms with Gasteiger partial charge in [-0.15, -0.1) is 0 Å². The van der Waals surface area contributed by atoms with Gasteiger partial charge in [-0.05, 0) is 19.8 Å². The van der Waals surface area contributed by atoms with Crippen LogP contribution in [-0.2, 0) is 9.53 Å². The van der Waals surface area contributed by atoms with Gasteiger partial charge in [0.2, 0.25) is 0 Å². The Kier molecular flexibility index (Phi) is 12.9. The van der Waals surface area contributed by atoms with E-state index in [4.69, 9.17) is 4.74 Å². The van der Waals surface area contributed by atoms with E-state index in [1.807, 2.05) is 13.8 Å². The van der Waals surface area contributed by atoms with Gasteiger partial charge in [0, 0.05) is 0 Å². The molecule has 0 aliphatic rings. The fraction of sp³-hybridized carbons (Fsp3) is 0.900. The summed E-state index contributed by atoms with van der Waals surface area (Å²) >= 11 is 0. The molecule has 0 aliphatic carbocycles. The fourth-order valence-corrected chi connectivity index (χ4v) is 1.20. The molecule has 3 heteroatoms. The van der Waals surface area contributed by atoms with Gasteiger partial charge in [-0.2, -0.15) is 0 Å². The average Bonchev–Trinajstić information content (AvgIpc) is 2.06. The van der Waals surface area contributed by atoms with Crippen molar-refractivity contribution in [2.45, 2.75) is 46.5 Å². The Labute approximate surface area is 105 Å². The second-order valence-electron chi connectivity index (χ2n) is 3.00. The van der Waals surface area contributed by atoms with Crippen molar-refractivity contribution in [1.82, 2.24) is 0 Å². The molecule has 0 spiro atoms. The first-order valence-electron chi connectivity index (χ1n) is 4.92. The molecule has 2 nitrogen and oxygen atoms in total. The van der Waals surface area contributed by atoms with Crippen molar-refractivity contribution < 1.29 is 40.5 Å². The first-order valence-corrected chi connectivity index (χ1v) is 4.92. The quantitative estimate of drug-likeness (QED) is 0.437. The van der Waals surface area contributed by atoms with Crippen LogP contribution >= 0.6 is 0 Å². The summed E-state index contributed by atoms with van der Waals surface area (Å²) in [7, 11) is 0. The van der Waals surface area contributed by atoms with Crippen molar-refractivity contribution in [3.8, 4) is 0 Å². The van der Waals surface area contributed by atoms with Crippen LogP contribution in [0.4, 0.5) is 0 Å². The Morgan fingerprint density at radius 1 is 1.38 bits per heavy atom. The van der Waals surface area contributed by atoms with Crippen LogP contribution < -0.4 is 29.6 Å². The molecule has 0 N–H and O–H groups in total. The minimum absolute atomic E-state index is 0. The second kappa shape index (κ2) is 10.6. The van der Waals surface area contributed by atoms with Crippen LogP contribution in [-0.4, -0.2) is 12.6 Å². The zero-order valence-electron chi connectivity index (χ0n) is 10.4. The van der Waals surface area contributed by atoms with Gasteiger partial charge >= 0.3 is 35.5 Å². The maximum Gasteiger partial charge on any atom is 1.00 e. The summed E-state index contributed by atoms with van der Waals surface area (Å²) in [5.41, 5.74) is 0. The molecule has 1 unspecified atom stereocenters. The molecule has 0 aliphatic heterocycles. The van der Waals surface area contributed by atoms with Gasteiger partial charge in [0.25, 0.3) is 0 Å². The third kappa shape index (κ3) is 7.53. The average molecular weight is 196 g/mol. The van der Waals surface area contributed by atoms with Crippen molar-refractivity contribution in [1.29, 1.82) is 0 Å². The molecule has 0 aromatic heterocycles. The molecule has 0 rings (SSSR count). The Balaban J connectivity index is -0.000000605. The first-order chi connectivity index (χ1) is 5.76. The summed E-state index contributed by atoms with van der Waals surface area (Å²) in [5.74, 6) is 0.110.